The van der Waals surface area contributed by atoms with Crippen LogP contribution in [0.5, 0.6) is 0 Å². The lowest BCUT2D eigenvalue weighted by Gasteiger charge is -2.19. The van der Waals surface area contributed by atoms with Crippen LogP contribution in [-0.2, 0) is 9.53 Å². The predicted octanol–water partition coefficient (Wildman–Crippen LogP) is 1.88. The van der Waals surface area contributed by atoms with E-state index >= 15 is 0 Å². The molecule has 2 aromatic rings. The summed E-state index contributed by atoms with van der Waals surface area (Å²) in [6.45, 7) is 0.241. The summed E-state index contributed by atoms with van der Waals surface area (Å²) in [6.07, 6.45) is -0.489. The molecule has 8 heteroatoms. The highest BCUT2D eigenvalue weighted by Gasteiger charge is 2.36. The van der Waals surface area contributed by atoms with Crippen LogP contribution in [0.3, 0.4) is 0 Å². The molecule has 27 heavy (non-hydrogen) atoms. The third-order valence-electron chi connectivity index (χ3n) is 4.41. The zero-order valence-corrected chi connectivity index (χ0v) is 14.2. The molecule has 0 aromatic heterocycles. The van der Waals surface area contributed by atoms with Gasteiger partial charge in [0.05, 0.1) is 29.0 Å². The smallest absolute Gasteiger partial charge is 0.414 e. The summed E-state index contributed by atoms with van der Waals surface area (Å²) in [7, 11) is 0. The zero-order valence-electron chi connectivity index (χ0n) is 14.2. The molecule has 2 aromatic carbocycles. The summed E-state index contributed by atoms with van der Waals surface area (Å²) < 4.78 is 4.93. The molecule has 2 heterocycles. The predicted molar refractivity (Wildman–Crippen MR) is 95.6 cm³/mol. The Balaban J connectivity index is 1.51. The van der Waals surface area contributed by atoms with Crippen LogP contribution in [0.4, 0.5) is 16.2 Å². The Bertz CT molecular complexity index is 936. The molecule has 136 valence electrons. The van der Waals surface area contributed by atoms with Crippen molar-refractivity contribution in [1.29, 1.82) is 0 Å². The summed E-state index contributed by atoms with van der Waals surface area (Å²) in [6, 6.07) is 13.2. The van der Waals surface area contributed by atoms with Crippen molar-refractivity contribution in [3.63, 3.8) is 0 Å². The van der Waals surface area contributed by atoms with Crippen LogP contribution in [-0.4, -0.2) is 48.4 Å². The average molecular weight is 365 g/mol. The molecule has 0 aliphatic carbocycles. The molecule has 4 rings (SSSR count). The van der Waals surface area contributed by atoms with Gasteiger partial charge in [0.1, 0.15) is 13.2 Å². The molecule has 0 atom stereocenters. The number of fused-ring (bicyclic) bond motifs is 1. The minimum absolute atomic E-state index is 0.274. The topological polar surface area (TPSA) is 96.0 Å². The fourth-order valence-corrected chi connectivity index (χ4v) is 3.14. The summed E-state index contributed by atoms with van der Waals surface area (Å²) in [5.74, 6) is -1.53. The van der Waals surface area contributed by atoms with Crippen molar-refractivity contribution < 1.29 is 23.9 Å². The highest BCUT2D eigenvalue weighted by atomic mass is 16.6. The highest BCUT2D eigenvalue weighted by Crippen LogP contribution is 2.28. The number of ether oxygens (including phenoxy) is 1. The average Bonchev–Trinajstić information content (AvgIpc) is 3.20. The van der Waals surface area contributed by atoms with Crippen molar-refractivity contribution >= 4 is 35.2 Å². The third-order valence-corrected chi connectivity index (χ3v) is 4.41. The van der Waals surface area contributed by atoms with Gasteiger partial charge in [-0.15, -0.1) is 0 Å². The molecule has 1 saturated heterocycles. The van der Waals surface area contributed by atoms with Gasteiger partial charge in [-0.1, -0.05) is 24.3 Å². The van der Waals surface area contributed by atoms with Gasteiger partial charge < -0.3 is 10.1 Å². The van der Waals surface area contributed by atoms with Crippen molar-refractivity contribution in [1.82, 2.24) is 4.90 Å². The lowest BCUT2D eigenvalue weighted by molar-refractivity contribution is -0.116. The second-order valence-electron chi connectivity index (χ2n) is 6.07. The first-order chi connectivity index (χ1) is 13.1. The Morgan fingerprint density at radius 3 is 2.22 bits per heavy atom. The molecule has 0 spiro atoms. The highest BCUT2D eigenvalue weighted by molar-refractivity contribution is 6.22. The van der Waals surface area contributed by atoms with Crippen LogP contribution in [0.25, 0.3) is 0 Å². The quantitative estimate of drug-likeness (QED) is 0.835. The maximum absolute atomic E-state index is 12.5. The van der Waals surface area contributed by atoms with Crippen LogP contribution in [0.1, 0.15) is 20.7 Å². The van der Waals surface area contributed by atoms with E-state index in [9.17, 15) is 19.2 Å². The van der Waals surface area contributed by atoms with Crippen molar-refractivity contribution in [2.45, 2.75) is 0 Å². The molecule has 4 amide bonds. The Hall–Kier alpha value is -3.68. The van der Waals surface area contributed by atoms with Gasteiger partial charge in [0.2, 0.25) is 5.91 Å². The second-order valence-corrected chi connectivity index (χ2v) is 6.07. The lowest BCUT2D eigenvalue weighted by atomic mass is 10.1. The van der Waals surface area contributed by atoms with Gasteiger partial charge in [0.25, 0.3) is 11.8 Å². The lowest BCUT2D eigenvalue weighted by Crippen LogP contribution is -2.37. The maximum atomic E-state index is 12.5. The maximum Gasteiger partial charge on any atom is 0.414 e. The molecule has 1 N–H and O–H groups in total. The zero-order chi connectivity index (χ0) is 19.0. The van der Waals surface area contributed by atoms with E-state index in [0.717, 1.165) is 4.90 Å². The molecule has 0 radical (unpaired) electrons. The number of carbonyl (C=O) groups is 4. The standard InChI is InChI=1S/C19H15N3O5/c23-16(11-22-17(24)12-5-1-2-6-13(12)18(22)25)20-14-7-3-4-8-15(14)21-9-10-27-19(21)26/h1-8H,9-11H2,(H,20,23). The van der Waals surface area contributed by atoms with Crippen molar-refractivity contribution in [2.75, 3.05) is 29.9 Å². The largest absolute Gasteiger partial charge is 0.447 e. The number of nitrogens with one attached hydrogen (secondary N) is 1. The summed E-state index contributed by atoms with van der Waals surface area (Å²) >= 11 is 0. The van der Waals surface area contributed by atoms with E-state index in [2.05, 4.69) is 5.32 Å². The van der Waals surface area contributed by atoms with Gasteiger partial charge in [0, 0.05) is 0 Å². The van der Waals surface area contributed by atoms with Gasteiger partial charge in [-0.3, -0.25) is 24.2 Å². The SMILES string of the molecule is O=C(CN1C(=O)c2ccccc2C1=O)Nc1ccccc1N1CCOC1=O. The minimum Gasteiger partial charge on any atom is -0.447 e. The van der Waals surface area contributed by atoms with E-state index in [4.69, 9.17) is 4.74 Å². The van der Waals surface area contributed by atoms with E-state index in [0.29, 0.717) is 17.9 Å². The number of hydrogen-bond acceptors (Lipinski definition) is 5. The molecular weight excluding hydrogens is 350 g/mol. The van der Waals surface area contributed by atoms with E-state index in [1.807, 2.05) is 0 Å². The van der Waals surface area contributed by atoms with Crippen LogP contribution in [0, 0.1) is 0 Å². The van der Waals surface area contributed by atoms with Crippen molar-refractivity contribution in [3.8, 4) is 0 Å². The van der Waals surface area contributed by atoms with E-state index in [-0.39, 0.29) is 17.7 Å². The number of imide groups is 1. The normalized spacial score (nSPS) is 15.8. The van der Waals surface area contributed by atoms with Gasteiger partial charge in [-0.05, 0) is 24.3 Å². The molecular formula is C19H15N3O5. The number of amides is 4. The molecule has 2 aliphatic heterocycles. The molecule has 0 bridgehead atoms. The molecule has 8 nitrogen and oxygen atoms in total. The third kappa shape index (κ3) is 2.91. The van der Waals surface area contributed by atoms with E-state index in [1.54, 1.807) is 48.5 Å². The molecule has 2 aliphatic rings. The van der Waals surface area contributed by atoms with E-state index in [1.165, 1.54) is 4.90 Å². The second kappa shape index (κ2) is 6.56. The van der Waals surface area contributed by atoms with Crippen LogP contribution in [0.15, 0.2) is 48.5 Å². The number of cyclic esters (lactones) is 1. The number of nitrogens with zero attached hydrogens (tertiary/aromatic N) is 2. The Labute approximate surface area is 154 Å². The molecule has 0 saturated carbocycles. The molecule has 0 unspecified atom stereocenters. The van der Waals surface area contributed by atoms with Gasteiger partial charge >= 0.3 is 6.09 Å². The Morgan fingerprint density at radius 1 is 0.963 bits per heavy atom. The number of rotatable bonds is 4. The first-order valence-corrected chi connectivity index (χ1v) is 8.34. The Kier molecular flexibility index (Phi) is 4.08. The number of carbonyl (C=O) groups excluding carboxylic acids is 4. The van der Waals surface area contributed by atoms with Crippen LogP contribution < -0.4 is 10.2 Å². The van der Waals surface area contributed by atoms with Gasteiger partial charge in [0.15, 0.2) is 0 Å². The first kappa shape index (κ1) is 16.8. The minimum atomic E-state index is -0.537. The van der Waals surface area contributed by atoms with Crippen molar-refractivity contribution in [3.05, 3.63) is 59.7 Å². The fourth-order valence-electron chi connectivity index (χ4n) is 3.14. The van der Waals surface area contributed by atoms with Gasteiger partial charge in [-0.2, -0.15) is 0 Å². The Morgan fingerprint density at radius 2 is 1.59 bits per heavy atom. The molecule has 1 fully saturated rings. The fraction of sp³-hybridized carbons (Fsp3) is 0.158. The van der Waals surface area contributed by atoms with Gasteiger partial charge in [-0.25, -0.2) is 4.79 Å². The number of anilines is 2. The summed E-state index contributed by atoms with van der Waals surface area (Å²) in [5.41, 5.74) is 1.47. The van der Waals surface area contributed by atoms with Crippen molar-refractivity contribution in [2.24, 2.45) is 0 Å². The number of hydrogen-bond donors (Lipinski definition) is 1. The van der Waals surface area contributed by atoms with Crippen LogP contribution in [0.2, 0.25) is 0 Å². The number of para-hydroxylation sites is 2. The summed E-state index contributed by atoms with van der Waals surface area (Å²) in [4.78, 5) is 51.3. The van der Waals surface area contributed by atoms with Crippen LogP contribution >= 0.6 is 0 Å². The summed E-state index contributed by atoms with van der Waals surface area (Å²) in [5, 5.41) is 2.67. The van der Waals surface area contributed by atoms with E-state index < -0.39 is 30.4 Å². The monoisotopic (exact) mass is 365 g/mol. The first-order valence-electron chi connectivity index (χ1n) is 8.34. The number of benzene rings is 2.